The molecule has 25 heavy (non-hydrogen) atoms. The highest BCUT2D eigenvalue weighted by Crippen LogP contribution is 2.20. The molecule has 3 aromatic rings. The average molecular weight is 352 g/mol. The summed E-state index contributed by atoms with van der Waals surface area (Å²) >= 11 is 6.01. The fourth-order valence-corrected chi connectivity index (χ4v) is 2.96. The Morgan fingerprint density at radius 2 is 1.68 bits per heavy atom. The van der Waals surface area contributed by atoms with Gasteiger partial charge in [0.05, 0.1) is 0 Å². The van der Waals surface area contributed by atoms with E-state index in [4.69, 9.17) is 16.3 Å². The van der Waals surface area contributed by atoms with E-state index in [1.807, 2.05) is 36.4 Å². The fourth-order valence-electron chi connectivity index (χ4n) is 2.75. The molecule has 0 unspecified atom stereocenters. The molecule has 0 aliphatic carbocycles. The van der Waals surface area contributed by atoms with Crippen LogP contribution in [0.25, 0.3) is 0 Å². The maximum absolute atomic E-state index is 6.01. The molecule has 0 aliphatic rings. The van der Waals surface area contributed by atoms with E-state index in [1.165, 1.54) is 16.7 Å². The first-order valence-corrected chi connectivity index (χ1v) is 8.75. The Kier molecular flexibility index (Phi) is 5.62. The Labute approximate surface area is 154 Å². The van der Waals surface area contributed by atoms with Crippen molar-refractivity contribution in [2.45, 2.75) is 27.0 Å². The normalized spacial score (nSPS) is 10.5. The first-order valence-electron chi connectivity index (χ1n) is 8.37. The second-order valence-corrected chi connectivity index (χ2v) is 6.67. The van der Waals surface area contributed by atoms with Gasteiger partial charge in [-0.05, 0) is 60.9 Å². The van der Waals surface area contributed by atoms with Crippen molar-refractivity contribution in [1.82, 2.24) is 0 Å². The molecule has 0 saturated carbocycles. The average Bonchev–Trinajstić information content (AvgIpc) is 2.60. The number of benzene rings is 3. The van der Waals surface area contributed by atoms with Crippen LogP contribution in [0.4, 0.5) is 5.69 Å². The molecule has 0 heterocycles. The molecule has 128 valence electrons. The molecule has 0 aliphatic heterocycles. The monoisotopic (exact) mass is 351 g/mol. The molecule has 0 bridgehead atoms. The van der Waals surface area contributed by atoms with Crippen molar-refractivity contribution in [3.8, 4) is 5.75 Å². The van der Waals surface area contributed by atoms with Gasteiger partial charge in [-0.15, -0.1) is 0 Å². The summed E-state index contributed by atoms with van der Waals surface area (Å²) in [5.74, 6) is 0.861. The first kappa shape index (κ1) is 17.4. The van der Waals surface area contributed by atoms with Crippen LogP contribution in [-0.4, -0.2) is 0 Å². The summed E-state index contributed by atoms with van der Waals surface area (Å²) in [7, 11) is 0. The predicted octanol–water partition coefficient (Wildman–Crippen LogP) is 6.15. The highest BCUT2D eigenvalue weighted by atomic mass is 35.5. The van der Waals surface area contributed by atoms with Crippen LogP contribution in [0.5, 0.6) is 5.75 Å². The van der Waals surface area contributed by atoms with Gasteiger partial charge in [-0.1, -0.05) is 53.6 Å². The summed E-state index contributed by atoms with van der Waals surface area (Å²) < 4.78 is 5.89. The zero-order valence-electron chi connectivity index (χ0n) is 14.6. The lowest BCUT2D eigenvalue weighted by Crippen LogP contribution is -2.02. The van der Waals surface area contributed by atoms with Crippen LogP contribution in [0.2, 0.25) is 5.02 Å². The first-order chi connectivity index (χ1) is 12.1. The van der Waals surface area contributed by atoms with Gasteiger partial charge in [0.1, 0.15) is 12.4 Å². The van der Waals surface area contributed by atoms with Crippen molar-refractivity contribution in [2.24, 2.45) is 0 Å². The zero-order valence-corrected chi connectivity index (χ0v) is 15.3. The van der Waals surface area contributed by atoms with Gasteiger partial charge >= 0.3 is 0 Å². The fraction of sp³-hybridized carbons (Fsp3) is 0.182. The van der Waals surface area contributed by atoms with Gasteiger partial charge < -0.3 is 10.1 Å². The smallest absolute Gasteiger partial charge is 0.120 e. The van der Waals surface area contributed by atoms with E-state index in [-0.39, 0.29) is 0 Å². The van der Waals surface area contributed by atoms with Gasteiger partial charge in [0.25, 0.3) is 0 Å². The molecule has 3 rings (SSSR count). The second-order valence-electron chi connectivity index (χ2n) is 6.24. The van der Waals surface area contributed by atoms with Crippen molar-refractivity contribution >= 4 is 17.3 Å². The van der Waals surface area contributed by atoms with E-state index in [0.29, 0.717) is 6.61 Å². The SMILES string of the molecule is Cc1ccc(NCc2cccc(OCc3cccc(Cl)c3)c2)c(C)c1. The molecular weight excluding hydrogens is 330 g/mol. The van der Waals surface area contributed by atoms with Gasteiger partial charge in [0.2, 0.25) is 0 Å². The molecule has 0 saturated heterocycles. The van der Waals surface area contributed by atoms with Crippen LogP contribution in [0.1, 0.15) is 22.3 Å². The summed E-state index contributed by atoms with van der Waals surface area (Å²) in [4.78, 5) is 0. The second kappa shape index (κ2) is 8.09. The van der Waals surface area contributed by atoms with Crippen LogP contribution in [0.15, 0.2) is 66.7 Å². The molecule has 0 fully saturated rings. The number of nitrogens with one attached hydrogen (secondary N) is 1. The van der Waals surface area contributed by atoms with Crippen LogP contribution in [-0.2, 0) is 13.2 Å². The molecule has 1 N–H and O–H groups in total. The van der Waals surface area contributed by atoms with Gasteiger partial charge in [0.15, 0.2) is 0 Å². The van der Waals surface area contributed by atoms with E-state index in [2.05, 4.69) is 49.5 Å². The molecular formula is C22H22ClNO. The molecule has 0 radical (unpaired) electrons. The number of rotatable bonds is 6. The van der Waals surface area contributed by atoms with Gasteiger partial charge in [-0.3, -0.25) is 0 Å². The van der Waals surface area contributed by atoms with Crippen LogP contribution in [0, 0.1) is 13.8 Å². The third kappa shape index (κ3) is 5.01. The summed E-state index contributed by atoms with van der Waals surface area (Å²) in [6.07, 6.45) is 0. The largest absolute Gasteiger partial charge is 0.489 e. The summed E-state index contributed by atoms with van der Waals surface area (Å²) in [6.45, 7) is 5.50. The zero-order chi connectivity index (χ0) is 17.6. The highest BCUT2D eigenvalue weighted by Gasteiger charge is 2.01. The van der Waals surface area contributed by atoms with Crippen molar-refractivity contribution in [3.63, 3.8) is 0 Å². The van der Waals surface area contributed by atoms with Crippen LogP contribution >= 0.6 is 11.6 Å². The Bertz CT molecular complexity index is 860. The Balaban J connectivity index is 1.61. The Hall–Kier alpha value is -2.45. The number of hydrogen-bond donors (Lipinski definition) is 1. The molecule has 0 atom stereocenters. The number of halogens is 1. The topological polar surface area (TPSA) is 21.3 Å². The van der Waals surface area contributed by atoms with Crippen LogP contribution in [0.3, 0.4) is 0 Å². The minimum absolute atomic E-state index is 0.508. The summed E-state index contributed by atoms with van der Waals surface area (Å²) in [6, 6.07) is 22.3. The maximum Gasteiger partial charge on any atom is 0.120 e. The van der Waals surface area contributed by atoms with E-state index < -0.39 is 0 Å². The lowest BCUT2D eigenvalue weighted by Gasteiger charge is -2.12. The molecule has 0 spiro atoms. The van der Waals surface area contributed by atoms with Crippen molar-refractivity contribution in [3.05, 3.63) is 94.0 Å². The van der Waals surface area contributed by atoms with E-state index in [1.54, 1.807) is 0 Å². The Morgan fingerprint density at radius 1 is 0.880 bits per heavy atom. The maximum atomic E-state index is 6.01. The predicted molar refractivity (Wildman–Crippen MR) is 105 cm³/mol. The quantitative estimate of drug-likeness (QED) is 0.575. The van der Waals surface area contributed by atoms with Gasteiger partial charge in [-0.2, -0.15) is 0 Å². The highest BCUT2D eigenvalue weighted by molar-refractivity contribution is 6.30. The third-order valence-corrected chi connectivity index (χ3v) is 4.29. The number of ether oxygens (including phenoxy) is 1. The van der Waals surface area contributed by atoms with E-state index in [0.717, 1.165) is 28.6 Å². The number of hydrogen-bond acceptors (Lipinski definition) is 2. The lowest BCUT2D eigenvalue weighted by molar-refractivity contribution is 0.306. The minimum Gasteiger partial charge on any atom is -0.489 e. The molecule has 3 aromatic carbocycles. The third-order valence-electron chi connectivity index (χ3n) is 4.06. The van der Waals surface area contributed by atoms with Gasteiger partial charge in [0, 0.05) is 17.3 Å². The molecule has 3 heteroatoms. The number of anilines is 1. The molecule has 0 amide bonds. The van der Waals surface area contributed by atoms with E-state index >= 15 is 0 Å². The standard InChI is InChI=1S/C22H22ClNO/c1-16-9-10-22(17(2)11-16)24-14-18-5-4-8-21(13-18)25-15-19-6-3-7-20(23)12-19/h3-13,24H,14-15H2,1-2H3. The minimum atomic E-state index is 0.508. The Morgan fingerprint density at radius 3 is 2.48 bits per heavy atom. The van der Waals surface area contributed by atoms with Crippen molar-refractivity contribution in [1.29, 1.82) is 0 Å². The lowest BCUT2D eigenvalue weighted by atomic mass is 10.1. The van der Waals surface area contributed by atoms with Gasteiger partial charge in [-0.25, -0.2) is 0 Å². The van der Waals surface area contributed by atoms with Crippen molar-refractivity contribution in [2.75, 3.05) is 5.32 Å². The van der Waals surface area contributed by atoms with Crippen molar-refractivity contribution < 1.29 is 4.74 Å². The van der Waals surface area contributed by atoms with E-state index in [9.17, 15) is 0 Å². The summed E-state index contributed by atoms with van der Waals surface area (Å²) in [5, 5.41) is 4.22. The number of aryl methyl sites for hydroxylation is 2. The van der Waals surface area contributed by atoms with Crippen LogP contribution < -0.4 is 10.1 Å². The summed E-state index contributed by atoms with van der Waals surface area (Å²) in [5.41, 5.74) is 5.94. The molecule has 0 aromatic heterocycles. The molecule has 2 nitrogen and oxygen atoms in total.